The number of carbonyl (C=O) groups excluding carboxylic acids is 3. The molecule has 0 aliphatic rings. The highest BCUT2D eigenvalue weighted by Crippen LogP contribution is 2.22. The second kappa shape index (κ2) is 15.7. The summed E-state index contributed by atoms with van der Waals surface area (Å²) < 4.78 is 0. The van der Waals surface area contributed by atoms with Gasteiger partial charge < -0.3 is 25.3 Å². The highest BCUT2D eigenvalue weighted by Gasteiger charge is 2.36. The monoisotopic (exact) mass is 621 g/mol. The van der Waals surface area contributed by atoms with Gasteiger partial charge in [-0.1, -0.05) is 84.9 Å². The van der Waals surface area contributed by atoms with E-state index in [9.17, 15) is 14.4 Å². The Morgan fingerprint density at radius 3 is 1.93 bits per heavy atom. The minimum atomic E-state index is -0.865. The number of hydrogen-bond acceptors (Lipinski definition) is 5. The zero-order valence-corrected chi connectivity index (χ0v) is 27.9. The predicted molar refractivity (Wildman–Crippen MR) is 185 cm³/mol. The van der Waals surface area contributed by atoms with E-state index in [1.165, 1.54) is 9.80 Å². The van der Waals surface area contributed by atoms with Gasteiger partial charge >= 0.3 is 0 Å². The van der Waals surface area contributed by atoms with Gasteiger partial charge in [0.2, 0.25) is 11.8 Å². The Morgan fingerprint density at radius 1 is 0.630 bits per heavy atom. The Balaban J connectivity index is 1.71. The van der Waals surface area contributed by atoms with Gasteiger partial charge in [0, 0.05) is 58.7 Å². The van der Waals surface area contributed by atoms with Crippen LogP contribution >= 0.6 is 0 Å². The number of amides is 3. The van der Waals surface area contributed by atoms with E-state index in [-0.39, 0.29) is 30.2 Å². The molecule has 242 valence electrons. The summed E-state index contributed by atoms with van der Waals surface area (Å²) in [5.74, 6) is -0.739. The third-order valence-electron chi connectivity index (χ3n) is 8.61. The molecule has 0 heterocycles. The van der Waals surface area contributed by atoms with Crippen LogP contribution in [-0.4, -0.2) is 97.7 Å². The van der Waals surface area contributed by atoms with Gasteiger partial charge in [0.1, 0.15) is 12.1 Å². The van der Waals surface area contributed by atoms with Crippen molar-refractivity contribution < 1.29 is 14.4 Å². The third kappa shape index (κ3) is 8.59. The minimum Gasteiger partial charge on any atom is -0.343 e. The summed E-state index contributed by atoms with van der Waals surface area (Å²) >= 11 is 0. The maximum Gasteiger partial charge on any atom is 0.254 e. The van der Waals surface area contributed by atoms with Crippen molar-refractivity contribution in [2.45, 2.75) is 37.9 Å². The van der Waals surface area contributed by atoms with E-state index < -0.39 is 12.1 Å². The zero-order valence-electron chi connectivity index (χ0n) is 27.9. The molecule has 46 heavy (non-hydrogen) atoms. The van der Waals surface area contributed by atoms with Crippen molar-refractivity contribution in [2.75, 3.05) is 48.3 Å². The first-order valence-electron chi connectivity index (χ1n) is 15.8. The summed E-state index contributed by atoms with van der Waals surface area (Å²) in [4.78, 5) is 49.3. The molecule has 0 saturated carbocycles. The number of fused-ring (bicyclic) bond motifs is 1. The van der Waals surface area contributed by atoms with Crippen LogP contribution in [0.2, 0.25) is 0 Å². The number of hydrogen-bond donors (Lipinski definition) is 1. The fourth-order valence-corrected chi connectivity index (χ4v) is 5.61. The molecule has 3 atom stereocenters. The molecule has 0 aliphatic heterocycles. The van der Waals surface area contributed by atoms with Crippen LogP contribution in [0.15, 0.2) is 97.1 Å². The van der Waals surface area contributed by atoms with Gasteiger partial charge in [0.05, 0.1) is 0 Å². The Morgan fingerprint density at radius 2 is 1.26 bits per heavy atom. The van der Waals surface area contributed by atoms with Crippen molar-refractivity contribution in [3.63, 3.8) is 0 Å². The second-order valence-corrected chi connectivity index (χ2v) is 12.4. The van der Waals surface area contributed by atoms with Crippen LogP contribution < -0.4 is 5.73 Å². The summed E-state index contributed by atoms with van der Waals surface area (Å²) in [6.07, 6.45) is 0.636. The van der Waals surface area contributed by atoms with E-state index in [2.05, 4.69) is 6.07 Å². The molecule has 0 aliphatic carbocycles. The second-order valence-electron chi connectivity index (χ2n) is 12.4. The van der Waals surface area contributed by atoms with E-state index in [1.807, 2.05) is 105 Å². The summed E-state index contributed by atoms with van der Waals surface area (Å²) in [7, 11) is 9.04. The summed E-state index contributed by atoms with van der Waals surface area (Å²) in [6.45, 7) is 3.09. The zero-order chi connectivity index (χ0) is 33.4. The first-order chi connectivity index (χ1) is 22.0. The lowest BCUT2D eigenvalue weighted by molar-refractivity contribution is -0.146. The number of benzene rings is 4. The van der Waals surface area contributed by atoms with E-state index >= 15 is 0 Å². The average Bonchev–Trinajstić information content (AvgIpc) is 3.07. The lowest BCUT2D eigenvalue weighted by Crippen LogP contribution is -2.56. The van der Waals surface area contributed by atoms with Gasteiger partial charge in [-0.15, -0.1) is 0 Å². The van der Waals surface area contributed by atoms with Gasteiger partial charge in [-0.2, -0.15) is 0 Å². The maximum absolute atomic E-state index is 14.6. The quantitative estimate of drug-likeness (QED) is 0.235. The molecule has 0 aromatic heterocycles. The van der Waals surface area contributed by atoms with Crippen LogP contribution in [0.1, 0.15) is 40.0 Å². The number of nitrogens with zero attached hydrogens (tertiary/aromatic N) is 4. The summed E-state index contributed by atoms with van der Waals surface area (Å²) in [5.41, 5.74) is 9.28. The van der Waals surface area contributed by atoms with Gasteiger partial charge in [-0.25, -0.2) is 0 Å². The largest absolute Gasteiger partial charge is 0.343 e. The highest BCUT2D eigenvalue weighted by atomic mass is 16.2. The molecule has 8 nitrogen and oxygen atoms in total. The Kier molecular flexibility index (Phi) is 11.7. The predicted octanol–water partition coefficient (Wildman–Crippen LogP) is 4.63. The first-order valence-corrected chi connectivity index (χ1v) is 15.8. The Hall–Kier alpha value is -4.53. The van der Waals surface area contributed by atoms with Gasteiger partial charge in [-0.3, -0.25) is 14.4 Å². The first kappa shape index (κ1) is 34.3. The highest BCUT2D eigenvalue weighted by molar-refractivity contribution is 5.98. The van der Waals surface area contributed by atoms with Crippen molar-refractivity contribution >= 4 is 28.5 Å². The topological polar surface area (TPSA) is 90.2 Å². The van der Waals surface area contributed by atoms with Crippen LogP contribution in [0.4, 0.5) is 0 Å². The van der Waals surface area contributed by atoms with Gasteiger partial charge in [-0.05, 0) is 60.6 Å². The lowest BCUT2D eigenvalue weighted by Gasteiger charge is -2.36. The molecule has 3 amide bonds. The molecule has 0 fully saturated rings. The number of carbonyl (C=O) groups is 3. The van der Waals surface area contributed by atoms with Crippen LogP contribution in [0, 0.1) is 0 Å². The number of likely N-dealkylation sites (N-methyl/N-ethyl adjacent to an activating group) is 4. The van der Waals surface area contributed by atoms with Gasteiger partial charge in [0.25, 0.3) is 5.91 Å². The SMILES string of the molecule is C[C@H](N)c1cccc(C(=O)N(C)[C@H](Cc2ccc3ccccc3c2)C(=O)N(C)[C@H](Cc2ccccc2)C(=O)N(C)CCN(C)C)c1. The molecule has 0 spiro atoms. The molecule has 4 aromatic rings. The van der Waals surface area contributed by atoms with Crippen LogP contribution in [0.25, 0.3) is 10.8 Å². The molecule has 8 heteroatoms. The fraction of sp³-hybridized carbons (Fsp3) is 0.342. The van der Waals surface area contributed by atoms with Crippen molar-refractivity contribution in [1.29, 1.82) is 0 Å². The lowest BCUT2D eigenvalue weighted by atomic mass is 9.97. The van der Waals surface area contributed by atoms with Crippen LogP contribution in [0.5, 0.6) is 0 Å². The van der Waals surface area contributed by atoms with E-state index in [1.54, 1.807) is 38.2 Å². The maximum atomic E-state index is 14.6. The summed E-state index contributed by atoms with van der Waals surface area (Å²) in [6, 6.07) is 29.2. The molecular weight excluding hydrogens is 574 g/mol. The Labute approximate surface area is 273 Å². The van der Waals surface area contributed by atoms with Crippen LogP contribution in [0.3, 0.4) is 0 Å². The third-order valence-corrected chi connectivity index (χ3v) is 8.61. The van der Waals surface area contributed by atoms with E-state index in [0.29, 0.717) is 25.1 Å². The molecule has 0 unspecified atom stereocenters. The molecule has 0 radical (unpaired) electrons. The minimum absolute atomic E-state index is 0.148. The molecule has 0 bridgehead atoms. The molecule has 4 aromatic carbocycles. The van der Waals surface area contributed by atoms with E-state index in [4.69, 9.17) is 5.73 Å². The van der Waals surface area contributed by atoms with Crippen molar-refractivity contribution in [2.24, 2.45) is 5.73 Å². The normalized spacial score (nSPS) is 13.2. The molecule has 4 rings (SSSR count). The van der Waals surface area contributed by atoms with Crippen molar-refractivity contribution in [3.8, 4) is 0 Å². The number of nitrogens with two attached hydrogens (primary N) is 1. The molecule has 0 saturated heterocycles. The average molecular weight is 622 g/mol. The Bertz CT molecular complexity index is 1640. The van der Waals surface area contributed by atoms with Gasteiger partial charge in [0.15, 0.2) is 0 Å². The van der Waals surface area contributed by atoms with Crippen molar-refractivity contribution in [1.82, 2.24) is 19.6 Å². The summed E-state index contributed by atoms with van der Waals surface area (Å²) in [5, 5.41) is 2.15. The number of rotatable bonds is 13. The van der Waals surface area contributed by atoms with Crippen molar-refractivity contribution in [3.05, 3.63) is 119 Å². The molecule has 2 N–H and O–H groups in total. The van der Waals surface area contributed by atoms with E-state index in [0.717, 1.165) is 27.5 Å². The molecular formula is C38H47N5O3. The standard InChI is InChI=1S/C38H47N5O3/c1-27(39)31-17-12-18-33(26-31)36(44)42(5)35(25-29-19-20-30-15-10-11-16-32(30)23-29)38(46)43(6)34(24-28-13-8-7-9-14-28)37(45)41(4)22-21-40(2)3/h7-20,23,26-27,34-35H,21-22,24-25,39H2,1-6H3/t27-,34+,35+/m0/s1. The fourth-order valence-electron chi connectivity index (χ4n) is 5.61. The smallest absolute Gasteiger partial charge is 0.254 e. The van der Waals surface area contributed by atoms with Crippen LogP contribution in [-0.2, 0) is 22.4 Å².